The Morgan fingerprint density at radius 1 is 1.61 bits per heavy atom. The van der Waals surface area contributed by atoms with Crippen molar-refractivity contribution in [3.05, 3.63) is 23.6 Å². The highest BCUT2D eigenvalue weighted by atomic mass is 19.1. The van der Waals surface area contributed by atoms with Crippen LogP contribution in [0.3, 0.4) is 0 Å². The highest BCUT2D eigenvalue weighted by Crippen LogP contribution is 2.13. The van der Waals surface area contributed by atoms with Gasteiger partial charge in [0.05, 0.1) is 17.8 Å². The summed E-state index contributed by atoms with van der Waals surface area (Å²) in [5, 5.41) is 7.98. The summed E-state index contributed by atoms with van der Waals surface area (Å²) in [5.74, 6) is -0.842. The van der Waals surface area contributed by atoms with Crippen LogP contribution in [-0.4, -0.2) is 36.4 Å². The summed E-state index contributed by atoms with van der Waals surface area (Å²) >= 11 is 0. The smallest absolute Gasteiger partial charge is 0.255 e. The summed E-state index contributed by atoms with van der Waals surface area (Å²) in [4.78, 5) is 26.7. The zero-order valence-electron chi connectivity index (χ0n) is 9.79. The van der Waals surface area contributed by atoms with Gasteiger partial charge >= 0.3 is 0 Å². The first kappa shape index (κ1) is 12.3. The van der Waals surface area contributed by atoms with E-state index in [1.807, 2.05) is 0 Å². The highest BCUT2D eigenvalue weighted by Gasteiger charge is 2.24. The number of pyridine rings is 1. The van der Waals surface area contributed by atoms with Gasteiger partial charge in [-0.3, -0.25) is 9.59 Å². The van der Waals surface area contributed by atoms with Gasteiger partial charge < -0.3 is 16.0 Å². The van der Waals surface area contributed by atoms with E-state index in [2.05, 4.69) is 20.9 Å². The van der Waals surface area contributed by atoms with Crippen molar-refractivity contribution in [2.75, 3.05) is 18.9 Å². The molecule has 1 aliphatic rings. The normalized spacial score (nSPS) is 18.3. The second kappa shape index (κ2) is 4.99. The van der Waals surface area contributed by atoms with Gasteiger partial charge in [0.2, 0.25) is 5.91 Å². The van der Waals surface area contributed by atoms with Crippen molar-refractivity contribution in [1.29, 1.82) is 0 Å². The molecule has 1 saturated heterocycles. The molecule has 3 N–H and O–H groups in total. The van der Waals surface area contributed by atoms with Gasteiger partial charge in [0.25, 0.3) is 5.91 Å². The number of amides is 2. The van der Waals surface area contributed by atoms with Crippen LogP contribution in [0.2, 0.25) is 0 Å². The first-order valence-electron chi connectivity index (χ1n) is 5.51. The molecule has 0 spiro atoms. The van der Waals surface area contributed by atoms with E-state index in [0.29, 0.717) is 12.4 Å². The Balaban J connectivity index is 2.13. The minimum absolute atomic E-state index is 0.105. The minimum Gasteiger partial charge on any atom is -0.372 e. The fourth-order valence-electron chi connectivity index (χ4n) is 1.78. The topological polar surface area (TPSA) is 83.1 Å². The van der Waals surface area contributed by atoms with Crippen LogP contribution in [-0.2, 0) is 4.79 Å². The van der Waals surface area contributed by atoms with Crippen molar-refractivity contribution in [3.8, 4) is 0 Å². The molecule has 7 heteroatoms. The fraction of sp³-hybridized carbons (Fsp3) is 0.364. The Morgan fingerprint density at radius 3 is 3.00 bits per heavy atom. The summed E-state index contributed by atoms with van der Waals surface area (Å²) in [6, 6.07) is 0.844. The lowest BCUT2D eigenvalue weighted by Gasteiger charge is -2.12. The van der Waals surface area contributed by atoms with Gasteiger partial charge in [0.1, 0.15) is 11.6 Å². The van der Waals surface area contributed by atoms with Crippen molar-refractivity contribution in [1.82, 2.24) is 15.6 Å². The lowest BCUT2D eigenvalue weighted by Crippen LogP contribution is -2.36. The minimum atomic E-state index is -0.584. The molecule has 1 unspecified atom stereocenters. The summed E-state index contributed by atoms with van der Waals surface area (Å²) in [7, 11) is 1.59. The zero-order valence-corrected chi connectivity index (χ0v) is 9.79. The molecule has 1 aromatic heterocycles. The van der Waals surface area contributed by atoms with Crippen molar-refractivity contribution >= 4 is 17.6 Å². The third-order valence-corrected chi connectivity index (χ3v) is 2.65. The number of hydrogen-bond donors (Lipinski definition) is 3. The third kappa shape index (κ3) is 2.55. The molecule has 1 aliphatic heterocycles. The lowest BCUT2D eigenvalue weighted by molar-refractivity contribution is -0.119. The molecular weight excluding hydrogens is 239 g/mol. The molecule has 0 radical (unpaired) electrons. The number of halogens is 1. The summed E-state index contributed by atoms with van der Waals surface area (Å²) in [6.45, 7) is 0.391. The number of nitrogens with one attached hydrogen (secondary N) is 3. The van der Waals surface area contributed by atoms with Crippen LogP contribution in [0.15, 0.2) is 12.3 Å². The van der Waals surface area contributed by atoms with Crippen LogP contribution in [0.5, 0.6) is 0 Å². The van der Waals surface area contributed by atoms with E-state index in [9.17, 15) is 14.0 Å². The Bertz CT molecular complexity index is 492. The van der Waals surface area contributed by atoms with Gasteiger partial charge in [-0.25, -0.2) is 9.37 Å². The average Bonchev–Trinajstić information content (AvgIpc) is 2.74. The third-order valence-electron chi connectivity index (χ3n) is 2.65. The van der Waals surface area contributed by atoms with E-state index in [0.717, 1.165) is 12.3 Å². The van der Waals surface area contributed by atoms with Crippen LogP contribution in [0.4, 0.5) is 10.2 Å². The fourth-order valence-corrected chi connectivity index (χ4v) is 1.78. The number of carbonyl (C=O) groups is 2. The van der Waals surface area contributed by atoms with Gasteiger partial charge in [0.15, 0.2) is 0 Å². The monoisotopic (exact) mass is 252 g/mol. The molecule has 1 fully saturated rings. The molecule has 6 nitrogen and oxygen atoms in total. The van der Waals surface area contributed by atoms with Gasteiger partial charge in [-0.2, -0.15) is 0 Å². The second-order valence-electron chi connectivity index (χ2n) is 3.98. The maximum Gasteiger partial charge on any atom is 0.255 e. The molecule has 1 atom stereocenters. The molecule has 18 heavy (non-hydrogen) atoms. The second-order valence-corrected chi connectivity index (χ2v) is 3.98. The van der Waals surface area contributed by atoms with E-state index in [-0.39, 0.29) is 23.9 Å². The number of aromatic nitrogens is 1. The van der Waals surface area contributed by atoms with Crippen LogP contribution in [0.25, 0.3) is 0 Å². The molecular formula is C11H13FN4O2. The van der Waals surface area contributed by atoms with Crippen molar-refractivity contribution in [2.24, 2.45) is 0 Å². The first-order chi connectivity index (χ1) is 8.60. The number of anilines is 1. The maximum atomic E-state index is 13.1. The summed E-state index contributed by atoms with van der Waals surface area (Å²) in [5.41, 5.74) is 0.122. The van der Waals surface area contributed by atoms with Crippen LogP contribution in [0.1, 0.15) is 16.8 Å². The van der Waals surface area contributed by atoms with E-state index < -0.39 is 11.7 Å². The predicted molar refractivity (Wildman–Crippen MR) is 62.6 cm³/mol. The van der Waals surface area contributed by atoms with Gasteiger partial charge in [-0.1, -0.05) is 0 Å². The molecule has 0 aliphatic carbocycles. The van der Waals surface area contributed by atoms with E-state index >= 15 is 0 Å². The Kier molecular flexibility index (Phi) is 3.40. The predicted octanol–water partition coefficient (Wildman–Crippen LogP) is -0.119. The van der Waals surface area contributed by atoms with E-state index in [1.54, 1.807) is 7.05 Å². The molecule has 2 rings (SSSR count). The Hall–Kier alpha value is -2.18. The lowest BCUT2D eigenvalue weighted by atomic mass is 10.2. The number of carbonyl (C=O) groups excluding carboxylic acids is 2. The highest BCUT2D eigenvalue weighted by molar-refractivity contribution is 5.99. The molecule has 1 aromatic rings. The number of nitrogens with zero attached hydrogens (tertiary/aromatic N) is 1. The van der Waals surface area contributed by atoms with Crippen molar-refractivity contribution in [2.45, 2.75) is 12.5 Å². The molecule has 2 heterocycles. The Labute approximate surface area is 103 Å². The van der Waals surface area contributed by atoms with Gasteiger partial charge in [-0.05, 0) is 6.07 Å². The number of hydrogen-bond acceptors (Lipinski definition) is 4. The van der Waals surface area contributed by atoms with Crippen LogP contribution >= 0.6 is 0 Å². The largest absolute Gasteiger partial charge is 0.372 e. The SMILES string of the molecule is CNc1ncc(F)cc1C(=O)NC1CNC(=O)C1. The molecule has 0 bridgehead atoms. The van der Waals surface area contributed by atoms with Crippen LogP contribution < -0.4 is 16.0 Å². The summed E-state index contributed by atoms with van der Waals surface area (Å²) < 4.78 is 13.1. The zero-order chi connectivity index (χ0) is 13.1. The van der Waals surface area contributed by atoms with E-state index in [1.165, 1.54) is 0 Å². The van der Waals surface area contributed by atoms with Crippen LogP contribution in [0, 0.1) is 5.82 Å². The van der Waals surface area contributed by atoms with Crippen molar-refractivity contribution < 1.29 is 14.0 Å². The Morgan fingerprint density at radius 2 is 2.39 bits per heavy atom. The maximum absolute atomic E-state index is 13.1. The first-order valence-corrected chi connectivity index (χ1v) is 5.51. The number of rotatable bonds is 3. The van der Waals surface area contributed by atoms with Gasteiger partial charge in [0, 0.05) is 20.0 Å². The summed E-state index contributed by atoms with van der Waals surface area (Å²) in [6.07, 6.45) is 1.27. The molecule has 0 saturated carbocycles. The molecule has 2 amide bonds. The van der Waals surface area contributed by atoms with Crippen molar-refractivity contribution in [3.63, 3.8) is 0 Å². The standard InChI is InChI=1S/C11H13FN4O2/c1-13-10-8(2-6(12)4-15-10)11(18)16-7-3-9(17)14-5-7/h2,4,7H,3,5H2,1H3,(H,13,15)(H,14,17)(H,16,18). The molecule has 96 valence electrons. The average molecular weight is 252 g/mol. The van der Waals surface area contributed by atoms with E-state index in [4.69, 9.17) is 0 Å². The van der Waals surface area contributed by atoms with Gasteiger partial charge in [-0.15, -0.1) is 0 Å². The quantitative estimate of drug-likeness (QED) is 0.700. The molecule has 0 aromatic carbocycles.